The number of amides is 1. The molecule has 0 aliphatic carbocycles. The summed E-state index contributed by atoms with van der Waals surface area (Å²) in [5.74, 6) is -0.696. The highest BCUT2D eigenvalue weighted by Crippen LogP contribution is 2.32. The van der Waals surface area contributed by atoms with E-state index in [0.717, 1.165) is 12.1 Å². The van der Waals surface area contributed by atoms with Gasteiger partial charge in [-0.2, -0.15) is 18.4 Å². The van der Waals surface area contributed by atoms with Crippen LogP contribution in [0.25, 0.3) is 11.4 Å². The molecule has 0 saturated heterocycles. The third-order valence-electron chi connectivity index (χ3n) is 4.11. The van der Waals surface area contributed by atoms with Crippen LogP contribution in [0.2, 0.25) is 0 Å². The zero-order chi connectivity index (χ0) is 21.9. The summed E-state index contributed by atoms with van der Waals surface area (Å²) < 4.78 is 39.2. The van der Waals surface area contributed by atoms with Gasteiger partial charge in [0, 0.05) is 28.6 Å². The number of pyridine rings is 1. The summed E-state index contributed by atoms with van der Waals surface area (Å²) in [7, 11) is 0. The van der Waals surface area contributed by atoms with Gasteiger partial charge >= 0.3 is 6.18 Å². The Bertz CT molecular complexity index is 1130. The third-order valence-corrected chi connectivity index (χ3v) is 4.56. The highest BCUT2D eigenvalue weighted by molar-refractivity contribution is 9.10. The molecule has 30 heavy (non-hydrogen) atoms. The summed E-state index contributed by atoms with van der Waals surface area (Å²) >= 11 is 3.01. The molecule has 1 atom stereocenters. The number of alkyl halides is 3. The van der Waals surface area contributed by atoms with Crippen molar-refractivity contribution in [1.82, 2.24) is 20.3 Å². The minimum Gasteiger partial charge on any atom is -0.344 e. The van der Waals surface area contributed by atoms with Gasteiger partial charge in [-0.25, -0.2) is 0 Å². The molecule has 1 N–H and O–H groups in total. The van der Waals surface area contributed by atoms with Crippen LogP contribution in [0.1, 0.15) is 40.1 Å². The fourth-order valence-electron chi connectivity index (χ4n) is 2.70. The van der Waals surface area contributed by atoms with E-state index < -0.39 is 23.7 Å². The van der Waals surface area contributed by atoms with E-state index in [2.05, 4.69) is 36.2 Å². The second-order valence-corrected chi connectivity index (χ2v) is 7.17. The molecule has 6 nitrogen and oxygen atoms in total. The molecular weight excluding hydrogens is 463 g/mol. The topological polar surface area (TPSA) is 91.6 Å². The molecule has 0 fully saturated rings. The number of aromatic nitrogens is 3. The fraction of sp³-hybridized carbons (Fsp3) is 0.150. The average Bonchev–Trinajstić information content (AvgIpc) is 2.72. The molecule has 3 rings (SSSR count). The van der Waals surface area contributed by atoms with Crippen molar-refractivity contribution in [1.29, 1.82) is 5.26 Å². The lowest BCUT2D eigenvalue weighted by Gasteiger charge is -2.17. The van der Waals surface area contributed by atoms with Gasteiger partial charge in [-0.15, -0.1) is 0 Å². The first-order chi connectivity index (χ1) is 14.2. The zero-order valence-corrected chi connectivity index (χ0v) is 17.0. The van der Waals surface area contributed by atoms with Crippen molar-refractivity contribution < 1.29 is 18.0 Å². The normalized spacial score (nSPS) is 12.1. The molecule has 2 heterocycles. The maximum atomic E-state index is 13.0. The SMILES string of the molecule is CC(NC(=O)c1cc(Br)cc(C(F)(F)F)c1)c1nccnc1-c1ccc(C#N)cn1. The maximum absolute atomic E-state index is 13.0. The molecule has 1 unspecified atom stereocenters. The number of halogens is 4. The fourth-order valence-corrected chi connectivity index (χ4v) is 3.19. The van der Waals surface area contributed by atoms with E-state index in [-0.39, 0.29) is 10.0 Å². The van der Waals surface area contributed by atoms with Crippen molar-refractivity contribution in [2.24, 2.45) is 0 Å². The number of benzene rings is 1. The van der Waals surface area contributed by atoms with E-state index in [1.165, 1.54) is 24.7 Å². The number of rotatable bonds is 4. The van der Waals surface area contributed by atoms with E-state index in [0.29, 0.717) is 22.6 Å². The van der Waals surface area contributed by atoms with Gasteiger partial charge in [-0.05, 0) is 37.3 Å². The number of hydrogen-bond donors (Lipinski definition) is 1. The summed E-state index contributed by atoms with van der Waals surface area (Å²) in [5, 5.41) is 11.5. The van der Waals surface area contributed by atoms with Crippen LogP contribution < -0.4 is 5.32 Å². The second-order valence-electron chi connectivity index (χ2n) is 6.26. The molecule has 3 aromatic rings. The summed E-state index contributed by atoms with van der Waals surface area (Å²) in [6.07, 6.45) is -0.301. The van der Waals surface area contributed by atoms with Gasteiger partial charge in [0.1, 0.15) is 11.8 Å². The van der Waals surface area contributed by atoms with Crippen molar-refractivity contribution in [2.75, 3.05) is 0 Å². The largest absolute Gasteiger partial charge is 0.416 e. The Morgan fingerprint density at radius 2 is 1.90 bits per heavy atom. The summed E-state index contributed by atoms with van der Waals surface area (Å²) in [6.45, 7) is 1.64. The number of hydrogen-bond acceptors (Lipinski definition) is 5. The first kappa shape index (κ1) is 21.4. The monoisotopic (exact) mass is 475 g/mol. The van der Waals surface area contributed by atoms with E-state index >= 15 is 0 Å². The van der Waals surface area contributed by atoms with Crippen LogP contribution in [0.15, 0.2) is 53.4 Å². The van der Waals surface area contributed by atoms with E-state index in [4.69, 9.17) is 5.26 Å². The van der Waals surface area contributed by atoms with E-state index in [1.54, 1.807) is 19.1 Å². The smallest absolute Gasteiger partial charge is 0.344 e. The van der Waals surface area contributed by atoms with E-state index in [9.17, 15) is 18.0 Å². The molecule has 0 spiro atoms. The van der Waals surface area contributed by atoms with Gasteiger partial charge in [0.15, 0.2) is 0 Å². The van der Waals surface area contributed by atoms with Gasteiger partial charge in [0.25, 0.3) is 5.91 Å². The minimum absolute atomic E-state index is 0.136. The Morgan fingerprint density at radius 1 is 1.17 bits per heavy atom. The van der Waals surface area contributed by atoms with Crippen LogP contribution >= 0.6 is 15.9 Å². The first-order valence-corrected chi connectivity index (χ1v) is 9.34. The zero-order valence-electron chi connectivity index (χ0n) is 15.4. The third kappa shape index (κ3) is 4.80. The molecule has 1 aromatic carbocycles. The van der Waals surface area contributed by atoms with Crippen molar-refractivity contribution in [3.05, 3.63) is 75.8 Å². The Morgan fingerprint density at radius 3 is 2.53 bits per heavy atom. The molecular formula is C20H13BrF3N5O. The van der Waals surface area contributed by atoms with E-state index in [1.807, 2.05) is 6.07 Å². The molecule has 2 aromatic heterocycles. The van der Waals surface area contributed by atoms with Crippen molar-refractivity contribution in [2.45, 2.75) is 19.1 Å². The van der Waals surface area contributed by atoms with Gasteiger partial charge in [0.05, 0.1) is 28.6 Å². The highest BCUT2D eigenvalue weighted by atomic mass is 79.9. The minimum atomic E-state index is -4.58. The van der Waals surface area contributed by atoms with Gasteiger partial charge in [-0.3, -0.25) is 19.7 Å². The first-order valence-electron chi connectivity index (χ1n) is 8.55. The predicted molar refractivity (Wildman–Crippen MR) is 105 cm³/mol. The summed E-state index contributed by atoms with van der Waals surface area (Å²) in [5.41, 5.74) is 0.511. The lowest BCUT2D eigenvalue weighted by atomic mass is 10.1. The maximum Gasteiger partial charge on any atom is 0.416 e. The molecule has 152 valence electrons. The van der Waals surface area contributed by atoms with Crippen LogP contribution in [0.4, 0.5) is 13.2 Å². The predicted octanol–water partition coefficient (Wildman–Crippen LogP) is 4.68. The number of carbonyl (C=O) groups is 1. The van der Waals surface area contributed by atoms with Crippen molar-refractivity contribution in [3.63, 3.8) is 0 Å². The Balaban J connectivity index is 1.88. The van der Waals surface area contributed by atoms with Crippen LogP contribution in [-0.4, -0.2) is 20.9 Å². The molecule has 0 aliphatic rings. The van der Waals surface area contributed by atoms with Crippen LogP contribution in [0.5, 0.6) is 0 Å². The number of nitrogens with one attached hydrogen (secondary N) is 1. The molecule has 0 aliphatic heterocycles. The molecule has 0 radical (unpaired) electrons. The van der Waals surface area contributed by atoms with Crippen LogP contribution in [0.3, 0.4) is 0 Å². The van der Waals surface area contributed by atoms with Gasteiger partial charge in [0.2, 0.25) is 0 Å². The number of nitriles is 1. The lowest BCUT2D eigenvalue weighted by Crippen LogP contribution is -2.28. The van der Waals surface area contributed by atoms with Crippen LogP contribution in [-0.2, 0) is 6.18 Å². The number of carbonyl (C=O) groups excluding carboxylic acids is 1. The molecule has 10 heteroatoms. The highest BCUT2D eigenvalue weighted by Gasteiger charge is 2.32. The Kier molecular flexibility index (Phi) is 6.12. The molecule has 0 bridgehead atoms. The van der Waals surface area contributed by atoms with Gasteiger partial charge in [-0.1, -0.05) is 15.9 Å². The standard InChI is InChI=1S/C20H13BrF3N5O/c1-11(29-19(30)13-6-14(20(22,23)24)8-15(21)7-13)17-18(27-5-4-26-17)16-3-2-12(9-25)10-28-16/h2-8,10-11H,1H3,(H,29,30). The summed E-state index contributed by atoms with van der Waals surface area (Å²) in [6, 6.07) is 7.46. The summed E-state index contributed by atoms with van der Waals surface area (Å²) in [4.78, 5) is 25.3. The van der Waals surface area contributed by atoms with Crippen LogP contribution in [0, 0.1) is 11.3 Å². The second kappa shape index (κ2) is 8.59. The lowest BCUT2D eigenvalue weighted by molar-refractivity contribution is -0.137. The van der Waals surface area contributed by atoms with Crippen molar-refractivity contribution >= 4 is 21.8 Å². The van der Waals surface area contributed by atoms with Gasteiger partial charge < -0.3 is 5.32 Å². The molecule has 0 saturated carbocycles. The molecule has 1 amide bonds. The average molecular weight is 476 g/mol. The number of nitrogens with zero attached hydrogens (tertiary/aromatic N) is 4. The Hall–Kier alpha value is -3.32. The Labute approximate surface area is 177 Å². The quantitative estimate of drug-likeness (QED) is 0.591. The van der Waals surface area contributed by atoms with Crippen molar-refractivity contribution in [3.8, 4) is 17.5 Å².